The second-order valence-corrected chi connectivity index (χ2v) is 4.45. The third-order valence-electron chi connectivity index (χ3n) is 3.48. The van der Waals surface area contributed by atoms with E-state index in [2.05, 4.69) is 19.2 Å². The van der Waals surface area contributed by atoms with Crippen LogP contribution in [0.2, 0.25) is 0 Å². The van der Waals surface area contributed by atoms with E-state index in [1.165, 1.54) is 19.3 Å². The molecule has 98 valence electrons. The number of methoxy groups -OCH3 is 1. The Morgan fingerprint density at radius 2 is 1.75 bits per heavy atom. The van der Waals surface area contributed by atoms with Crippen LogP contribution in [-0.2, 0) is 9.47 Å². The van der Waals surface area contributed by atoms with Gasteiger partial charge in [0.1, 0.15) is 0 Å². The predicted octanol–water partition coefficient (Wildman–Crippen LogP) is 2.46. The third-order valence-corrected chi connectivity index (χ3v) is 3.48. The van der Waals surface area contributed by atoms with Crippen molar-refractivity contribution < 1.29 is 9.47 Å². The average Bonchev–Trinajstić information content (AvgIpc) is 2.32. The normalized spacial score (nSPS) is 12.0. The molecule has 0 aromatic heterocycles. The van der Waals surface area contributed by atoms with Gasteiger partial charge in [0.25, 0.3) is 0 Å². The molecule has 3 nitrogen and oxygen atoms in total. The molecular weight excluding hydrogens is 202 g/mol. The number of ether oxygens (including phenoxy) is 2. The maximum Gasteiger partial charge on any atom is 0.0700 e. The first-order valence-electron chi connectivity index (χ1n) is 6.46. The molecule has 0 radical (unpaired) electrons. The molecule has 0 heterocycles. The van der Waals surface area contributed by atoms with Crippen molar-refractivity contribution in [3.63, 3.8) is 0 Å². The Kier molecular flexibility index (Phi) is 9.99. The number of rotatable bonds is 11. The molecule has 0 saturated carbocycles. The maximum absolute atomic E-state index is 5.49. The van der Waals surface area contributed by atoms with Gasteiger partial charge in [-0.15, -0.1) is 0 Å². The molecule has 0 aromatic rings. The number of nitrogens with one attached hydrogen (secondary N) is 1. The number of hydrogen-bond acceptors (Lipinski definition) is 3. The molecule has 0 aliphatic heterocycles. The van der Waals surface area contributed by atoms with Crippen LogP contribution in [0.4, 0.5) is 0 Å². The van der Waals surface area contributed by atoms with E-state index >= 15 is 0 Å². The highest BCUT2D eigenvalue weighted by molar-refractivity contribution is 4.78. The summed E-state index contributed by atoms with van der Waals surface area (Å²) in [6.45, 7) is 7.95. The van der Waals surface area contributed by atoms with Crippen molar-refractivity contribution in [3.05, 3.63) is 0 Å². The minimum atomic E-state index is 0.458. The first kappa shape index (κ1) is 15.9. The summed E-state index contributed by atoms with van der Waals surface area (Å²) < 4.78 is 10.4. The van der Waals surface area contributed by atoms with Gasteiger partial charge in [-0.2, -0.15) is 0 Å². The Balaban J connectivity index is 3.67. The molecule has 0 atom stereocenters. The zero-order chi connectivity index (χ0) is 12.3. The molecule has 0 bridgehead atoms. The summed E-state index contributed by atoms with van der Waals surface area (Å²) in [5, 5.41) is 3.31. The quantitative estimate of drug-likeness (QED) is 0.554. The molecule has 0 rings (SSSR count). The van der Waals surface area contributed by atoms with E-state index in [1.54, 1.807) is 7.11 Å². The topological polar surface area (TPSA) is 30.5 Å². The summed E-state index contributed by atoms with van der Waals surface area (Å²) in [5.41, 5.74) is 0.458. The van der Waals surface area contributed by atoms with Crippen LogP contribution in [0.5, 0.6) is 0 Å². The van der Waals surface area contributed by atoms with Crippen molar-refractivity contribution in [1.82, 2.24) is 5.32 Å². The van der Waals surface area contributed by atoms with E-state index in [0.29, 0.717) is 18.6 Å². The van der Waals surface area contributed by atoms with E-state index in [9.17, 15) is 0 Å². The van der Waals surface area contributed by atoms with Gasteiger partial charge in [0, 0.05) is 20.3 Å². The first-order valence-corrected chi connectivity index (χ1v) is 6.46. The summed E-state index contributed by atoms with van der Waals surface area (Å²) in [7, 11) is 3.74. The molecule has 3 heteroatoms. The Morgan fingerprint density at radius 3 is 2.25 bits per heavy atom. The van der Waals surface area contributed by atoms with Gasteiger partial charge in [0.05, 0.1) is 13.2 Å². The Hall–Kier alpha value is -0.120. The van der Waals surface area contributed by atoms with Crippen LogP contribution in [0.3, 0.4) is 0 Å². The van der Waals surface area contributed by atoms with Crippen molar-refractivity contribution in [2.24, 2.45) is 5.41 Å². The minimum absolute atomic E-state index is 0.458. The summed E-state index contributed by atoms with van der Waals surface area (Å²) in [6.07, 6.45) is 4.87. The van der Waals surface area contributed by atoms with Gasteiger partial charge in [0.2, 0.25) is 0 Å². The van der Waals surface area contributed by atoms with Crippen molar-refractivity contribution in [3.8, 4) is 0 Å². The Labute approximate surface area is 101 Å². The average molecular weight is 231 g/mol. The Morgan fingerprint density at radius 1 is 1.06 bits per heavy atom. The Bertz CT molecular complexity index is 147. The SMILES string of the molecule is CCC(CC)(CCCOCCOC)CNC. The lowest BCUT2D eigenvalue weighted by Gasteiger charge is -2.31. The zero-order valence-corrected chi connectivity index (χ0v) is 11.5. The maximum atomic E-state index is 5.49. The van der Waals surface area contributed by atoms with Gasteiger partial charge in [-0.25, -0.2) is 0 Å². The van der Waals surface area contributed by atoms with Crippen molar-refractivity contribution in [2.75, 3.05) is 40.5 Å². The summed E-state index contributed by atoms with van der Waals surface area (Å²) >= 11 is 0. The van der Waals surface area contributed by atoms with Crippen LogP contribution in [0.15, 0.2) is 0 Å². The van der Waals surface area contributed by atoms with Gasteiger partial charge in [-0.1, -0.05) is 13.8 Å². The summed E-state index contributed by atoms with van der Waals surface area (Å²) in [6, 6.07) is 0. The lowest BCUT2D eigenvalue weighted by atomic mass is 9.78. The smallest absolute Gasteiger partial charge is 0.0700 e. The van der Waals surface area contributed by atoms with Crippen molar-refractivity contribution >= 4 is 0 Å². The third kappa shape index (κ3) is 6.46. The van der Waals surface area contributed by atoms with Gasteiger partial charge >= 0.3 is 0 Å². The molecule has 1 N–H and O–H groups in total. The van der Waals surface area contributed by atoms with Crippen LogP contribution >= 0.6 is 0 Å². The first-order chi connectivity index (χ1) is 7.74. The van der Waals surface area contributed by atoms with E-state index in [1.807, 2.05) is 7.05 Å². The fraction of sp³-hybridized carbons (Fsp3) is 1.00. The molecule has 0 aliphatic carbocycles. The molecular formula is C13H29NO2. The molecule has 0 aromatic carbocycles. The van der Waals surface area contributed by atoms with E-state index in [-0.39, 0.29) is 0 Å². The zero-order valence-electron chi connectivity index (χ0n) is 11.5. The lowest BCUT2D eigenvalue weighted by Crippen LogP contribution is -2.31. The van der Waals surface area contributed by atoms with E-state index in [0.717, 1.165) is 19.6 Å². The second-order valence-electron chi connectivity index (χ2n) is 4.45. The van der Waals surface area contributed by atoms with Gasteiger partial charge < -0.3 is 14.8 Å². The van der Waals surface area contributed by atoms with Gasteiger partial charge in [-0.3, -0.25) is 0 Å². The molecule has 0 fully saturated rings. The van der Waals surface area contributed by atoms with Gasteiger partial charge in [0.15, 0.2) is 0 Å². The second kappa shape index (κ2) is 10.1. The van der Waals surface area contributed by atoms with E-state index < -0.39 is 0 Å². The fourth-order valence-electron chi connectivity index (χ4n) is 2.11. The molecule has 0 unspecified atom stereocenters. The minimum Gasteiger partial charge on any atom is -0.382 e. The molecule has 0 spiro atoms. The summed E-state index contributed by atoms with van der Waals surface area (Å²) in [5.74, 6) is 0. The predicted molar refractivity (Wildman–Crippen MR) is 68.9 cm³/mol. The summed E-state index contributed by atoms with van der Waals surface area (Å²) in [4.78, 5) is 0. The number of hydrogen-bond donors (Lipinski definition) is 1. The highest BCUT2D eigenvalue weighted by atomic mass is 16.5. The fourth-order valence-corrected chi connectivity index (χ4v) is 2.11. The van der Waals surface area contributed by atoms with Crippen molar-refractivity contribution in [1.29, 1.82) is 0 Å². The van der Waals surface area contributed by atoms with E-state index in [4.69, 9.17) is 9.47 Å². The van der Waals surface area contributed by atoms with Crippen molar-refractivity contribution in [2.45, 2.75) is 39.5 Å². The van der Waals surface area contributed by atoms with Crippen LogP contribution < -0.4 is 5.32 Å². The molecule has 0 saturated heterocycles. The van der Waals surface area contributed by atoms with Crippen LogP contribution in [-0.4, -0.2) is 40.5 Å². The standard InChI is InChI=1S/C13H29NO2/c1-5-13(6-2,12-14-3)8-7-9-16-11-10-15-4/h14H,5-12H2,1-4H3. The molecule has 0 aliphatic rings. The molecule has 16 heavy (non-hydrogen) atoms. The lowest BCUT2D eigenvalue weighted by molar-refractivity contribution is 0.0625. The highest BCUT2D eigenvalue weighted by Gasteiger charge is 2.24. The van der Waals surface area contributed by atoms with Crippen LogP contribution in [0.25, 0.3) is 0 Å². The monoisotopic (exact) mass is 231 g/mol. The molecule has 0 amide bonds. The van der Waals surface area contributed by atoms with Crippen LogP contribution in [0, 0.1) is 5.41 Å². The highest BCUT2D eigenvalue weighted by Crippen LogP contribution is 2.31. The van der Waals surface area contributed by atoms with Crippen LogP contribution in [0.1, 0.15) is 39.5 Å². The largest absolute Gasteiger partial charge is 0.382 e. The van der Waals surface area contributed by atoms with Gasteiger partial charge in [-0.05, 0) is 38.1 Å².